The van der Waals surface area contributed by atoms with E-state index >= 15 is 0 Å². The Kier molecular flexibility index (Phi) is 4.49. The third-order valence-electron chi connectivity index (χ3n) is 2.20. The summed E-state index contributed by atoms with van der Waals surface area (Å²) < 4.78 is 0. The predicted molar refractivity (Wildman–Crippen MR) is 64.4 cm³/mol. The Morgan fingerprint density at radius 3 is 2.44 bits per heavy atom. The van der Waals surface area contributed by atoms with Crippen molar-refractivity contribution in [3.63, 3.8) is 0 Å². The highest BCUT2D eigenvalue weighted by atomic mass is 32.1. The molecule has 0 fully saturated rings. The van der Waals surface area contributed by atoms with Crippen molar-refractivity contribution in [1.82, 2.24) is 9.80 Å². The Balaban J connectivity index is 2.45. The zero-order chi connectivity index (χ0) is 12.1. The van der Waals surface area contributed by atoms with Crippen LogP contribution in [0, 0.1) is 0 Å². The topological polar surface area (TPSA) is 40.6 Å². The highest BCUT2D eigenvalue weighted by Gasteiger charge is 2.14. The lowest BCUT2D eigenvalue weighted by Gasteiger charge is -2.18. The van der Waals surface area contributed by atoms with Crippen molar-refractivity contribution in [2.45, 2.75) is 6.42 Å². The van der Waals surface area contributed by atoms with Crippen molar-refractivity contribution < 1.29 is 9.59 Å². The quantitative estimate of drug-likeness (QED) is 0.782. The molecular weight excluding hydrogens is 224 g/mol. The van der Waals surface area contributed by atoms with Gasteiger partial charge in [-0.15, -0.1) is 11.3 Å². The summed E-state index contributed by atoms with van der Waals surface area (Å²) in [5, 5.41) is 1.94. The molecular formula is C11H16N2O2S. The van der Waals surface area contributed by atoms with Crippen LogP contribution in [0.15, 0.2) is 17.5 Å². The molecule has 2 amide bonds. The summed E-state index contributed by atoms with van der Waals surface area (Å²) in [7, 11) is 5.01. The summed E-state index contributed by atoms with van der Waals surface area (Å²) >= 11 is 1.55. The summed E-state index contributed by atoms with van der Waals surface area (Å²) in [6.07, 6.45) is 0.370. The van der Waals surface area contributed by atoms with Gasteiger partial charge in [0.1, 0.15) is 0 Å². The Morgan fingerprint density at radius 1 is 1.25 bits per heavy atom. The van der Waals surface area contributed by atoms with Crippen molar-refractivity contribution in [3.8, 4) is 0 Å². The number of hydrogen-bond donors (Lipinski definition) is 0. The van der Waals surface area contributed by atoms with Crippen LogP contribution in [-0.2, 0) is 16.0 Å². The minimum atomic E-state index is -0.0676. The van der Waals surface area contributed by atoms with Gasteiger partial charge in [0.05, 0.1) is 13.0 Å². The summed E-state index contributed by atoms with van der Waals surface area (Å²) in [4.78, 5) is 27.1. The van der Waals surface area contributed by atoms with E-state index in [2.05, 4.69) is 0 Å². The average molecular weight is 240 g/mol. The molecule has 5 heteroatoms. The van der Waals surface area contributed by atoms with Gasteiger partial charge in [-0.1, -0.05) is 6.07 Å². The van der Waals surface area contributed by atoms with Crippen LogP contribution in [0.3, 0.4) is 0 Å². The average Bonchev–Trinajstić information content (AvgIpc) is 2.69. The smallest absolute Gasteiger partial charge is 0.241 e. The van der Waals surface area contributed by atoms with Crippen LogP contribution in [0.25, 0.3) is 0 Å². The number of hydrogen-bond acceptors (Lipinski definition) is 3. The van der Waals surface area contributed by atoms with E-state index < -0.39 is 0 Å². The van der Waals surface area contributed by atoms with Crippen LogP contribution in [0.2, 0.25) is 0 Å². The van der Waals surface area contributed by atoms with Crippen LogP contribution in [-0.4, -0.2) is 49.3 Å². The molecule has 0 N–H and O–H groups in total. The lowest BCUT2D eigenvalue weighted by Crippen LogP contribution is -2.38. The van der Waals surface area contributed by atoms with Crippen LogP contribution in [0.5, 0.6) is 0 Å². The third-order valence-corrected chi connectivity index (χ3v) is 3.08. The highest BCUT2D eigenvalue weighted by Crippen LogP contribution is 2.10. The number of rotatable bonds is 4. The minimum absolute atomic E-state index is 0.0300. The standard InChI is InChI=1S/C11H16N2O2S/c1-12(2)11(15)8-13(3)10(14)7-9-5-4-6-16-9/h4-6H,7-8H2,1-3H3. The van der Waals surface area contributed by atoms with Crippen molar-refractivity contribution in [1.29, 1.82) is 0 Å². The molecule has 0 radical (unpaired) electrons. The van der Waals surface area contributed by atoms with Gasteiger partial charge in [-0.05, 0) is 11.4 Å². The van der Waals surface area contributed by atoms with E-state index in [-0.39, 0.29) is 18.4 Å². The van der Waals surface area contributed by atoms with Gasteiger partial charge in [0.2, 0.25) is 11.8 Å². The van der Waals surface area contributed by atoms with Crippen molar-refractivity contribution in [3.05, 3.63) is 22.4 Å². The number of carbonyl (C=O) groups is 2. The van der Waals surface area contributed by atoms with Gasteiger partial charge < -0.3 is 9.80 Å². The molecule has 1 aromatic heterocycles. The van der Waals surface area contributed by atoms with Crippen LogP contribution in [0.4, 0.5) is 0 Å². The summed E-state index contributed by atoms with van der Waals surface area (Å²) in [6, 6.07) is 3.84. The SMILES string of the molecule is CN(C)C(=O)CN(C)C(=O)Cc1cccs1. The van der Waals surface area contributed by atoms with Crippen LogP contribution >= 0.6 is 11.3 Å². The normalized spacial score (nSPS) is 9.94. The summed E-state index contributed by atoms with van der Waals surface area (Å²) in [5.41, 5.74) is 0. The van der Waals surface area contributed by atoms with Crippen LogP contribution < -0.4 is 0 Å². The fourth-order valence-corrected chi connectivity index (χ4v) is 1.83. The molecule has 16 heavy (non-hydrogen) atoms. The van der Waals surface area contributed by atoms with E-state index in [1.807, 2.05) is 17.5 Å². The first-order valence-electron chi connectivity index (χ1n) is 4.97. The molecule has 0 aliphatic carbocycles. The van der Waals surface area contributed by atoms with E-state index in [1.54, 1.807) is 32.5 Å². The van der Waals surface area contributed by atoms with E-state index in [1.165, 1.54) is 9.80 Å². The number of carbonyl (C=O) groups excluding carboxylic acids is 2. The Labute approximate surface area is 99.5 Å². The number of nitrogens with zero attached hydrogens (tertiary/aromatic N) is 2. The molecule has 0 aliphatic rings. The van der Waals surface area contributed by atoms with Gasteiger partial charge in [-0.3, -0.25) is 9.59 Å². The van der Waals surface area contributed by atoms with Crippen molar-refractivity contribution in [2.24, 2.45) is 0 Å². The van der Waals surface area contributed by atoms with Gasteiger partial charge in [-0.25, -0.2) is 0 Å². The molecule has 0 bridgehead atoms. The number of thiophene rings is 1. The highest BCUT2D eigenvalue weighted by molar-refractivity contribution is 7.10. The van der Waals surface area contributed by atoms with Gasteiger partial charge in [0, 0.05) is 26.0 Å². The Hall–Kier alpha value is -1.36. The monoisotopic (exact) mass is 240 g/mol. The van der Waals surface area contributed by atoms with E-state index in [4.69, 9.17) is 0 Å². The predicted octanol–water partition coefficient (Wildman–Crippen LogP) is 0.837. The first kappa shape index (κ1) is 12.7. The number of likely N-dealkylation sites (N-methyl/N-ethyl adjacent to an activating group) is 2. The molecule has 0 aliphatic heterocycles. The summed E-state index contributed by atoms with van der Waals surface area (Å²) in [6.45, 7) is 0.136. The van der Waals surface area contributed by atoms with Crippen molar-refractivity contribution >= 4 is 23.2 Å². The maximum atomic E-state index is 11.7. The van der Waals surface area contributed by atoms with Gasteiger partial charge in [0.25, 0.3) is 0 Å². The first-order chi connectivity index (χ1) is 7.50. The van der Waals surface area contributed by atoms with Gasteiger partial charge in [-0.2, -0.15) is 0 Å². The molecule has 1 aromatic rings. The second kappa shape index (κ2) is 5.65. The second-order valence-corrected chi connectivity index (χ2v) is 4.83. The second-order valence-electron chi connectivity index (χ2n) is 3.79. The van der Waals surface area contributed by atoms with Crippen molar-refractivity contribution in [2.75, 3.05) is 27.7 Å². The van der Waals surface area contributed by atoms with E-state index in [0.717, 1.165) is 4.88 Å². The molecule has 0 spiro atoms. The largest absolute Gasteiger partial charge is 0.347 e. The molecule has 0 unspecified atom stereocenters. The maximum Gasteiger partial charge on any atom is 0.241 e. The molecule has 0 atom stereocenters. The molecule has 0 saturated carbocycles. The fourth-order valence-electron chi connectivity index (χ4n) is 1.13. The zero-order valence-corrected chi connectivity index (χ0v) is 10.6. The fraction of sp³-hybridized carbons (Fsp3) is 0.455. The lowest BCUT2D eigenvalue weighted by molar-refractivity contribution is -0.137. The molecule has 0 aromatic carbocycles. The van der Waals surface area contributed by atoms with E-state index in [0.29, 0.717) is 6.42 Å². The molecule has 0 saturated heterocycles. The van der Waals surface area contributed by atoms with Crippen LogP contribution in [0.1, 0.15) is 4.88 Å². The first-order valence-corrected chi connectivity index (χ1v) is 5.85. The molecule has 88 valence electrons. The molecule has 1 heterocycles. The Morgan fingerprint density at radius 2 is 1.94 bits per heavy atom. The lowest BCUT2D eigenvalue weighted by atomic mass is 10.3. The molecule has 4 nitrogen and oxygen atoms in total. The maximum absolute atomic E-state index is 11.7. The number of amides is 2. The van der Waals surface area contributed by atoms with Gasteiger partial charge >= 0.3 is 0 Å². The molecule has 1 rings (SSSR count). The Bertz CT molecular complexity index is 360. The summed E-state index contributed by atoms with van der Waals surface area (Å²) in [5.74, 6) is -0.0975. The zero-order valence-electron chi connectivity index (χ0n) is 9.77. The van der Waals surface area contributed by atoms with Gasteiger partial charge in [0.15, 0.2) is 0 Å². The van der Waals surface area contributed by atoms with E-state index in [9.17, 15) is 9.59 Å². The third kappa shape index (κ3) is 3.66. The minimum Gasteiger partial charge on any atom is -0.347 e.